The molecule has 2 aromatic carbocycles. The summed E-state index contributed by atoms with van der Waals surface area (Å²) in [5, 5.41) is 2.85. The quantitative estimate of drug-likeness (QED) is 0.856. The number of rotatable bonds is 6. The van der Waals surface area contributed by atoms with Gasteiger partial charge in [-0.25, -0.2) is 0 Å². The monoisotopic (exact) mass is 365 g/mol. The molecule has 1 aliphatic heterocycles. The maximum absolute atomic E-state index is 12.9. The molecule has 5 heteroatoms. The van der Waals surface area contributed by atoms with Gasteiger partial charge in [0.05, 0.1) is 12.6 Å². The van der Waals surface area contributed by atoms with E-state index in [0.717, 1.165) is 37.2 Å². The lowest BCUT2D eigenvalue weighted by atomic mass is 10.1. The average molecular weight is 365 g/mol. The number of aryl methyl sites for hydroxylation is 1. The molecule has 0 saturated carbocycles. The summed E-state index contributed by atoms with van der Waals surface area (Å²) in [5.74, 6) is -0.162. The van der Waals surface area contributed by atoms with Crippen LogP contribution >= 0.6 is 0 Å². The summed E-state index contributed by atoms with van der Waals surface area (Å²) in [6, 6.07) is 17.7. The third-order valence-corrected chi connectivity index (χ3v) is 4.97. The Morgan fingerprint density at radius 2 is 1.81 bits per heavy atom. The second-order valence-corrected chi connectivity index (χ2v) is 7.22. The Hall–Kier alpha value is -2.66. The fraction of sp³-hybridized carbons (Fsp3) is 0.364. The molecule has 1 saturated heterocycles. The van der Waals surface area contributed by atoms with Crippen LogP contribution in [0.2, 0.25) is 0 Å². The van der Waals surface area contributed by atoms with Crippen molar-refractivity contribution in [1.82, 2.24) is 9.80 Å². The molecular weight excluding hydrogens is 338 g/mol. The maximum atomic E-state index is 12.9. The molecule has 2 amide bonds. The van der Waals surface area contributed by atoms with E-state index in [1.165, 1.54) is 10.5 Å². The molecule has 27 heavy (non-hydrogen) atoms. The van der Waals surface area contributed by atoms with Gasteiger partial charge in [-0.15, -0.1) is 0 Å². The molecule has 1 heterocycles. The van der Waals surface area contributed by atoms with Crippen LogP contribution < -0.4 is 5.32 Å². The second kappa shape index (κ2) is 8.82. The van der Waals surface area contributed by atoms with Gasteiger partial charge in [-0.05, 0) is 44.0 Å². The van der Waals surface area contributed by atoms with Crippen LogP contribution in [-0.2, 0) is 16.1 Å². The molecule has 1 fully saturated rings. The Labute approximate surface area is 161 Å². The van der Waals surface area contributed by atoms with E-state index in [-0.39, 0.29) is 24.4 Å². The largest absolute Gasteiger partial charge is 0.335 e. The molecule has 0 bridgehead atoms. The molecule has 0 radical (unpaired) electrons. The lowest BCUT2D eigenvalue weighted by Crippen LogP contribution is -2.46. The summed E-state index contributed by atoms with van der Waals surface area (Å²) in [4.78, 5) is 28.9. The Morgan fingerprint density at radius 3 is 2.52 bits per heavy atom. The van der Waals surface area contributed by atoms with Crippen LogP contribution in [0.15, 0.2) is 54.6 Å². The highest BCUT2D eigenvalue weighted by Crippen LogP contribution is 2.21. The van der Waals surface area contributed by atoms with Gasteiger partial charge in [-0.3, -0.25) is 14.5 Å². The first-order valence-electron chi connectivity index (χ1n) is 9.42. The molecule has 1 atom stereocenters. The van der Waals surface area contributed by atoms with Crippen molar-refractivity contribution in [3.8, 4) is 0 Å². The van der Waals surface area contributed by atoms with Crippen LogP contribution in [0.4, 0.5) is 5.69 Å². The molecule has 3 rings (SSSR count). The number of amides is 2. The van der Waals surface area contributed by atoms with Crippen molar-refractivity contribution in [1.29, 1.82) is 0 Å². The number of likely N-dealkylation sites (tertiary alicyclic amines) is 1. The summed E-state index contributed by atoms with van der Waals surface area (Å²) in [6.45, 7) is 3.73. The zero-order chi connectivity index (χ0) is 19.2. The fourth-order valence-electron chi connectivity index (χ4n) is 3.50. The number of carbonyl (C=O) groups excluding carboxylic acids is 2. The minimum absolute atomic E-state index is 0.0162. The van der Waals surface area contributed by atoms with Crippen molar-refractivity contribution in [2.24, 2.45) is 0 Å². The van der Waals surface area contributed by atoms with Crippen LogP contribution in [0.25, 0.3) is 0 Å². The van der Waals surface area contributed by atoms with E-state index in [9.17, 15) is 9.59 Å². The minimum atomic E-state index is -0.178. The van der Waals surface area contributed by atoms with Gasteiger partial charge in [0.15, 0.2) is 0 Å². The lowest BCUT2D eigenvalue weighted by molar-refractivity contribution is -0.137. The van der Waals surface area contributed by atoms with Crippen molar-refractivity contribution < 1.29 is 9.59 Å². The van der Waals surface area contributed by atoms with Crippen LogP contribution in [0.3, 0.4) is 0 Å². The topological polar surface area (TPSA) is 52.7 Å². The predicted molar refractivity (Wildman–Crippen MR) is 107 cm³/mol. The van der Waals surface area contributed by atoms with Crippen LogP contribution in [0.1, 0.15) is 24.0 Å². The number of anilines is 1. The Bertz CT molecular complexity index is 774. The molecule has 0 aromatic heterocycles. The van der Waals surface area contributed by atoms with Crippen molar-refractivity contribution >= 4 is 17.5 Å². The fourth-order valence-corrected chi connectivity index (χ4v) is 3.50. The molecule has 1 N–H and O–H groups in total. The maximum Gasteiger partial charge on any atom is 0.243 e. The third kappa shape index (κ3) is 5.17. The van der Waals surface area contributed by atoms with Gasteiger partial charge < -0.3 is 10.2 Å². The average Bonchev–Trinajstić information content (AvgIpc) is 3.11. The van der Waals surface area contributed by atoms with Crippen molar-refractivity contribution in [3.05, 3.63) is 65.7 Å². The molecule has 5 nitrogen and oxygen atoms in total. The Morgan fingerprint density at radius 1 is 1.11 bits per heavy atom. The van der Waals surface area contributed by atoms with Crippen LogP contribution in [0, 0.1) is 6.92 Å². The van der Waals surface area contributed by atoms with E-state index in [1.54, 1.807) is 7.05 Å². The van der Waals surface area contributed by atoms with Gasteiger partial charge in [-0.2, -0.15) is 0 Å². The number of nitrogens with one attached hydrogen (secondary N) is 1. The van der Waals surface area contributed by atoms with Crippen LogP contribution in [-0.4, -0.2) is 47.8 Å². The minimum Gasteiger partial charge on any atom is -0.335 e. The molecular formula is C22H27N3O2. The van der Waals surface area contributed by atoms with Gasteiger partial charge in [0.2, 0.25) is 11.8 Å². The summed E-state index contributed by atoms with van der Waals surface area (Å²) in [5.41, 5.74) is 3.09. The first kappa shape index (κ1) is 19.1. The number of nitrogens with zero attached hydrogens (tertiary/aromatic N) is 2. The normalized spacial score (nSPS) is 16.9. The Kier molecular flexibility index (Phi) is 6.24. The van der Waals surface area contributed by atoms with Gasteiger partial charge in [0.1, 0.15) is 0 Å². The zero-order valence-electron chi connectivity index (χ0n) is 16.0. The predicted octanol–water partition coefficient (Wildman–Crippen LogP) is 3.06. The molecule has 142 valence electrons. The van der Waals surface area contributed by atoms with Crippen molar-refractivity contribution in [3.63, 3.8) is 0 Å². The molecule has 1 aliphatic rings. The molecule has 0 aliphatic carbocycles. The standard InChI is InChI=1S/C22H27N3O2/c1-17-10-12-19(13-11-17)23-21(26)16-24(2)22(27)20-9-6-14-25(20)15-18-7-4-3-5-8-18/h3-5,7-8,10-13,20H,6,9,14-16H2,1-2H3,(H,23,26). The number of likely N-dealkylation sites (N-methyl/N-ethyl adjacent to an activating group) is 1. The van der Waals surface area contributed by atoms with E-state index < -0.39 is 0 Å². The van der Waals surface area contributed by atoms with E-state index >= 15 is 0 Å². The first-order valence-corrected chi connectivity index (χ1v) is 9.42. The van der Waals surface area contributed by atoms with Gasteiger partial charge >= 0.3 is 0 Å². The lowest BCUT2D eigenvalue weighted by Gasteiger charge is -2.27. The summed E-state index contributed by atoms with van der Waals surface area (Å²) < 4.78 is 0. The smallest absolute Gasteiger partial charge is 0.243 e. The van der Waals surface area contributed by atoms with E-state index in [1.807, 2.05) is 49.4 Å². The summed E-state index contributed by atoms with van der Waals surface area (Å²) in [7, 11) is 1.70. The third-order valence-electron chi connectivity index (χ3n) is 4.97. The van der Waals surface area contributed by atoms with Crippen molar-refractivity contribution in [2.45, 2.75) is 32.4 Å². The molecule has 0 spiro atoms. The van der Waals surface area contributed by atoms with E-state index in [2.05, 4.69) is 22.3 Å². The first-order chi connectivity index (χ1) is 13.0. The SMILES string of the molecule is Cc1ccc(NC(=O)CN(C)C(=O)C2CCCN2Cc2ccccc2)cc1. The van der Waals surface area contributed by atoms with Gasteiger partial charge in [-0.1, -0.05) is 48.0 Å². The van der Waals surface area contributed by atoms with E-state index in [4.69, 9.17) is 0 Å². The number of carbonyl (C=O) groups is 2. The zero-order valence-corrected chi connectivity index (χ0v) is 16.0. The second-order valence-electron chi connectivity index (χ2n) is 7.22. The number of hydrogen-bond acceptors (Lipinski definition) is 3. The highest BCUT2D eigenvalue weighted by atomic mass is 16.2. The summed E-state index contributed by atoms with van der Waals surface area (Å²) in [6.07, 6.45) is 1.85. The summed E-state index contributed by atoms with van der Waals surface area (Å²) >= 11 is 0. The van der Waals surface area contributed by atoms with Crippen LogP contribution in [0.5, 0.6) is 0 Å². The molecule has 2 aromatic rings. The number of hydrogen-bond donors (Lipinski definition) is 1. The van der Waals surface area contributed by atoms with E-state index in [0.29, 0.717) is 0 Å². The Balaban J connectivity index is 1.55. The highest BCUT2D eigenvalue weighted by Gasteiger charge is 2.32. The highest BCUT2D eigenvalue weighted by molar-refractivity contribution is 5.95. The van der Waals surface area contributed by atoms with Gasteiger partial charge in [0.25, 0.3) is 0 Å². The van der Waals surface area contributed by atoms with Gasteiger partial charge in [0, 0.05) is 19.3 Å². The molecule has 1 unspecified atom stereocenters. The van der Waals surface area contributed by atoms with Crippen molar-refractivity contribution in [2.75, 3.05) is 25.5 Å². The number of benzene rings is 2.